The van der Waals surface area contributed by atoms with Crippen LogP contribution < -0.4 is 10.6 Å². The largest absolute Gasteiger partial charge is 0.469 e. The van der Waals surface area contributed by atoms with Gasteiger partial charge in [0.2, 0.25) is 0 Å². The van der Waals surface area contributed by atoms with Crippen LogP contribution in [0.1, 0.15) is 41.6 Å². The Balaban J connectivity index is 2.24. The number of hydrogen-bond donors (Lipinski definition) is 2. The molecule has 1 heterocycles. The van der Waals surface area contributed by atoms with Gasteiger partial charge in [0.05, 0.1) is 11.8 Å². The number of amides is 1. The number of rotatable bonds is 5. The minimum Gasteiger partial charge on any atom is -0.469 e. The number of para-hydroxylation sites is 1. The van der Waals surface area contributed by atoms with E-state index in [4.69, 9.17) is 4.42 Å². The highest BCUT2D eigenvalue weighted by atomic mass is 16.3. The van der Waals surface area contributed by atoms with Crippen LogP contribution in [0.25, 0.3) is 0 Å². The summed E-state index contributed by atoms with van der Waals surface area (Å²) >= 11 is 0. The van der Waals surface area contributed by atoms with Crippen molar-refractivity contribution in [2.24, 2.45) is 0 Å². The first-order chi connectivity index (χ1) is 9.67. The van der Waals surface area contributed by atoms with E-state index in [1.165, 1.54) is 0 Å². The lowest BCUT2D eigenvalue weighted by atomic mass is 10.1. The Bertz CT molecular complexity index is 590. The molecule has 0 spiro atoms. The molecule has 4 heteroatoms. The van der Waals surface area contributed by atoms with Crippen LogP contribution in [0.5, 0.6) is 0 Å². The molecule has 106 valence electrons. The standard InChI is InChI=1S/C16H20N2O2/c1-4-15-13(9-10-20-15)16(19)18-14-8-6-5-7-12(14)11(2)17-3/h5-11,17H,4H2,1-3H3,(H,18,19). The van der Waals surface area contributed by atoms with Crippen LogP contribution in [0.3, 0.4) is 0 Å². The minimum atomic E-state index is -0.133. The molecule has 0 saturated heterocycles. The highest BCUT2D eigenvalue weighted by Gasteiger charge is 2.16. The van der Waals surface area contributed by atoms with Crippen LogP contribution in [0.15, 0.2) is 41.0 Å². The van der Waals surface area contributed by atoms with E-state index < -0.39 is 0 Å². The first kappa shape index (κ1) is 14.3. The van der Waals surface area contributed by atoms with E-state index in [1.807, 2.05) is 38.2 Å². The van der Waals surface area contributed by atoms with E-state index in [0.717, 1.165) is 11.3 Å². The van der Waals surface area contributed by atoms with Crippen molar-refractivity contribution in [1.29, 1.82) is 0 Å². The quantitative estimate of drug-likeness (QED) is 0.877. The van der Waals surface area contributed by atoms with E-state index in [0.29, 0.717) is 17.7 Å². The number of nitrogens with one attached hydrogen (secondary N) is 2. The Morgan fingerprint density at radius 1 is 1.30 bits per heavy atom. The number of carbonyl (C=O) groups is 1. The fraction of sp³-hybridized carbons (Fsp3) is 0.312. The smallest absolute Gasteiger partial charge is 0.259 e. The van der Waals surface area contributed by atoms with Crippen molar-refractivity contribution in [1.82, 2.24) is 5.32 Å². The lowest BCUT2D eigenvalue weighted by Crippen LogP contribution is -2.18. The molecule has 1 amide bonds. The molecule has 1 aromatic heterocycles. The summed E-state index contributed by atoms with van der Waals surface area (Å²) in [5.74, 6) is 0.577. The number of carbonyl (C=O) groups excluding carboxylic acids is 1. The van der Waals surface area contributed by atoms with Crippen molar-refractivity contribution in [2.45, 2.75) is 26.3 Å². The summed E-state index contributed by atoms with van der Waals surface area (Å²) in [6.45, 7) is 4.02. The van der Waals surface area contributed by atoms with Crippen LogP contribution in [0.2, 0.25) is 0 Å². The van der Waals surface area contributed by atoms with Gasteiger partial charge in [0.15, 0.2) is 0 Å². The Kier molecular flexibility index (Phi) is 4.58. The summed E-state index contributed by atoms with van der Waals surface area (Å²) in [6.07, 6.45) is 2.25. The molecular formula is C16H20N2O2. The van der Waals surface area contributed by atoms with E-state index in [9.17, 15) is 4.79 Å². The number of aryl methyl sites for hydroxylation is 1. The monoisotopic (exact) mass is 272 g/mol. The summed E-state index contributed by atoms with van der Waals surface area (Å²) < 4.78 is 5.30. The normalized spacial score (nSPS) is 12.2. The molecule has 4 nitrogen and oxygen atoms in total. The second-order valence-corrected chi connectivity index (χ2v) is 4.66. The molecule has 0 saturated carbocycles. The molecule has 20 heavy (non-hydrogen) atoms. The maximum Gasteiger partial charge on any atom is 0.259 e. The molecular weight excluding hydrogens is 252 g/mol. The van der Waals surface area contributed by atoms with Crippen LogP contribution in [0.4, 0.5) is 5.69 Å². The van der Waals surface area contributed by atoms with Gasteiger partial charge in [-0.25, -0.2) is 0 Å². The Morgan fingerprint density at radius 3 is 2.75 bits per heavy atom. The molecule has 1 atom stereocenters. The highest BCUT2D eigenvalue weighted by Crippen LogP contribution is 2.23. The average molecular weight is 272 g/mol. The van der Waals surface area contributed by atoms with Crippen LogP contribution >= 0.6 is 0 Å². The van der Waals surface area contributed by atoms with E-state index in [1.54, 1.807) is 12.3 Å². The van der Waals surface area contributed by atoms with Gasteiger partial charge in [-0.05, 0) is 31.7 Å². The predicted molar refractivity (Wildman–Crippen MR) is 80.0 cm³/mol. The van der Waals surface area contributed by atoms with E-state index >= 15 is 0 Å². The third kappa shape index (κ3) is 2.91. The summed E-state index contributed by atoms with van der Waals surface area (Å²) in [4.78, 5) is 12.3. The second-order valence-electron chi connectivity index (χ2n) is 4.66. The fourth-order valence-corrected chi connectivity index (χ4v) is 2.15. The SMILES string of the molecule is CCc1occc1C(=O)Nc1ccccc1C(C)NC. The molecule has 2 N–H and O–H groups in total. The molecule has 1 unspecified atom stereocenters. The van der Waals surface area contributed by atoms with Gasteiger partial charge < -0.3 is 15.1 Å². The molecule has 1 aromatic carbocycles. The molecule has 0 bridgehead atoms. The summed E-state index contributed by atoms with van der Waals surface area (Å²) in [5, 5.41) is 6.15. The van der Waals surface area contributed by atoms with Gasteiger partial charge in [0, 0.05) is 18.2 Å². The maximum atomic E-state index is 12.3. The molecule has 0 fully saturated rings. The van der Waals surface area contributed by atoms with Crippen molar-refractivity contribution >= 4 is 11.6 Å². The van der Waals surface area contributed by atoms with Crippen molar-refractivity contribution in [3.63, 3.8) is 0 Å². The lowest BCUT2D eigenvalue weighted by molar-refractivity contribution is 0.102. The fourth-order valence-electron chi connectivity index (χ4n) is 2.15. The van der Waals surface area contributed by atoms with Gasteiger partial charge in [-0.2, -0.15) is 0 Å². The van der Waals surface area contributed by atoms with Gasteiger partial charge in [0.25, 0.3) is 5.91 Å². The van der Waals surface area contributed by atoms with Gasteiger partial charge in [-0.1, -0.05) is 25.1 Å². The van der Waals surface area contributed by atoms with Crippen molar-refractivity contribution in [3.8, 4) is 0 Å². The third-order valence-electron chi connectivity index (χ3n) is 3.42. The van der Waals surface area contributed by atoms with Crippen molar-refractivity contribution in [2.75, 3.05) is 12.4 Å². The van der Waals surface area contributed by atoms with Gasteiger partial charge in [0.1, 0.15) is 5.76 Å². The van der Waals surface area contributed by atoms with Gasteiger partial charge in [-0.3, -0.25) is 4.79 Å². The summed E-state index contributed by atoms with van der Waals surface area (Å²) in [6, 6.07) is 9.67. The van der Waals surface area contributed by atoms with Crippen LogP contribution in [-0.4, -0.2) is 13.0 Å². The topological polar surface area (TPSA) is 54.3 Å². The zero-order valence-electron chi connectivity index (χ0n) is 12.1. The second kappa shape index (κ2) is 6.39. The lowest BCUT2D eigenvalue weighted by Gasteiger charge is -2.16. The molecule has 2 aromatic rings. The van der Waals surface area contributed by atoms with Crippen LogP contribution in [-0.2, 0) is 6.42 Å². The van der Waals surface area contributed by atoms with Crippen molar-refractivity contribution in [3.05, 3.63) is 53.5 Å². The molecule has 0 aliphatic heterocycles. The molecule has 0 aliphatic carbocycles. The number of benzene rings is 1. The number of furan rings is 1. The van der Waals surface area contributed by atoms with Gasteiger partial charge >= 0.3 is 0 Å². The third-order valence-corrected chi connectivity index (χ3v) is 3.42. The van der Waals surface area contributed by atoms with Crippen LogP contribution in [0, 0.1) is 0 Å². The minimum absolute atomic E-state index is 0.133. The maximum absolute atomic E-state index is 12.3. The molecule has 0 aliphatic rings. The average Bonchev–Trinajstić information content (AvgIpc) is 2.95. The molecule has 2 rings (SSSR count). The Labute approximate surface area is 119 Å². The predicted octanol–water partition coefficient (Wildman–Crippen LogP) is 3.37. The molecule has 0 radical (unpaired) electrons. The number of hydrogen-bond acceptors (Lipinski definition) is 3. The first-order valence-electron chi connectivity index (χ1n) is 6.81. The summed E-state index contributed by atoms with van der Waals surface area (Å²) in [5.41, 5.74) is 2.48. The summed E-state index contributed by atoms with van der Waals surface area (Å²) in [7, 11) is 1.90. The van der Waals surface area contributed by atoms with E-state index in [-0.39, 0.29) is 11.9 Å². The van der Waals surface area contributed by atoms with E-state index in [2.05, 4.69) is 17.6 Å². The highest BCUT2D eigenvalue weighted by molar-refractivity contribution is 6.05. The Morgan fingerprint density at radius 2 is 2.05 bits per heavy atom. The zero-order chi connectivity index (χ0) is 14.5. The zero-order valence-corrected chi connectivity index (χ0v) is 12.1. The van der Waals surface area contributed by atoms with Crippen molar-refractivity contribution < 1.29 is 9.21 Å². The first-order valence-corrected chi connectivity index (χ1v) is 6.81. The Hall–Kier alpha value is -2.07. The number of anilines is 1. The van der Waals surface area contributed by atoms with Gasteiger partial charge in [-0.15, -0.1) is 0 Å².